The number of aromatic nitrogens is 2. The van der Waals surface area contributed by atoms with Crippen molar-refractivity contribution in [1.82, 2.24) is 25.5 Å². The van der Waals surface area contributed by atoms with Crippen LogP contribution in [0.3, 0.4) is 0 Å². The molecule has 1 aromatic heterocycles. The van der Waals surface area contributed by atoms with E-state index in [4.69, 9.17) is 9.73 Å². The van der Waals surface area contributed by atoms with Crippen LogP contribution in [-0.2, 0) is 4.74 Å². The van der Waals surface area contributed by atoms with Crippen molar-refractivity contribution in [2.75, 3.05) is 63.9 Å². The number of halogens is 1. The van der Waals surface area contributed by atoms with Crippen molar-refractivity contribution < 1.29 is 4.74 Å². The number of nitrogens with one attached hydrogen (secondary N) is 2. The van der Waals surface area contributed by atoms with Gasteiger partial charge in [-0.2, -0.15) is 0 Å². The fourth-order valence-corrected chi connectivity index (χ4v) is 4.21. The van der Waals surface area contributed by atoms with Crippen LogP contribution in [0.25, 0.3) is 0 Å². The van der Waals surface area contributed by atoms with E-state index in [1.54, 1.807) is 0 Å². The van der Waals surface area contributed by atoms with Crippen molar-refractivity contribution in [2.45, 2.75) is 58.0 Å². The van der Waals surface area contributed by atoms with Gasteiger partial charge in [0.15, 0.2) is 5.96 Å². The molecule has 3 rings (SSSR count). The Morgan fingerprint density at radius 1 is 1.06 bits per heavy atom. The Kier molecular flexibility index (Phi) is 13.9. The predicted octanol–water partition coefficient (Wildman–Crippen LogP) is 2.90. The third kappa shape index (κ3) is 10.2. The molecule has 1 aliphatic heterocycles. The average molecular weight is 560 g/mol. The zero-order valence-electron chi connectivity index (χ0n) is 19.7. The van der Waals surface area contributed by atoms with Crippen LogP contribution in [0.1, 0.15) is 51.9 Å². The van der Waals surface area contributed by atoms with Crippen molar-refractivity contribution in [2.24, 2.45) is 4.99 Å². The van der Waals surface area contributed by atoms with Gasteiger partial charge < -0.3 is 20.3 Å². The number of guanidine groups is 1. The molecule has 1 saturated carbocycles. The predicted molar refractivity (Wildman–Crippen MR) is 142 cm³/mol. The molecule has 32 heavy (non-hydrogen) atoms. The third-order valence-corrected chi connectivity index (χ3v) is 5.97. The number of rotatable bonds is 11. The first-order valence-corrected chi connectivity index (χ1v) is 12.2. The van der Waals surface area contributed by atoms with Crippen molar-refractivity contribution in [1.29, 1.82) is 0 Å². The number of ether oxygens (including phenoxy) is 1. The van der Waals surface area contributed by atoms with Gasteiger partial charge in [0.2, 0.25) is 5.95 Å². The Labute approximate surface area is 211 Å². The van der Waals surface area contributed by atoms with Gasteiger partial charge >= 0.3 is 0 Å². The summed E-state index contributed by atoms with van der Waals surface area (Å²) in [5, 5.41) is 6.83. The lowest BCUT2D eigenvalue weighted by Crippen LogP contribution is -2.47. The minimum absolute atomic E-state index is 0. The second kappa shape index (κ2) is 16.4. The number of hydrogen-bond acceptors (Lipinski definition) is 6. The van der Waals surface area contributed by atoms with E-state index in [1.807, 2.05) is 18.5 Å². The second-order valence-corrected chi connectivity index (χ2v) is 8.40. The minimum Gasteiger partial charge on any atom is -0.378 e. The normalized spacial score (nSPS) is 18.3. The molecular formula is C23H42IN7O. The van der Waals surface area contributed by atoms with E-state index in [9.17, 15) is 0 Å². The van der Waals surface area contributed by atoms with E-state index in [1.165, 1.54) is 32.1 Å². The lowest BCUT2D eigenvalue weighted by atomic mass is 9.98. The van der Waals surface area contributed by atoms with E-state index in [-0.39, 0.29) is 24.0 Å². The Hall–Kier alpha value is -1.20. The molecule has 2 heterocycles. The molecule has 2 aliphatic rings. The van der Waals surface area contributed by atoms with Crippen LogP contribution in [-0.4, -0.2) is 85.9 Å². The maximum absolute atomic E-state index is 6.00. The highest BCUT2D eigenvalue weighted by molar-refractivity contribution is 14.0. The highest BCUT2D eigenvalue weighted by Crippen LogP contribution is 2.20. The van der Waals surface area contributed by atoms with Gasteiger partial charge in [0, 0.05) is 64.8 Å². The molecule has 0 atom stereocenters. The van der Waals surface area contributed by atoms with Gasteiger partial charge in [-0.1, -0.05) is 19.3 Å². The highest BCUT2D eigenvalue weighted by Gasteiger charge is 2.18. The Bertz CT molecular complexity index is 620. The van der Waals surface area contributed by atoms with Crippen LogP contribution in [0, 0.1) is 0 Å². The van der Waals surface area contributed by atoms with Crippen LogP contribution in [0.5, 0.6) is 0 Å². The van der Waals surface area contributed by atoms with Gasteiger partial charge in [-0.05, 0) is 45.2 Å². The number of aliphatic imine (C=N–C) groups is 1. The zero-order valence-corrected chi connectivity index (χ0v) is 22.0. The minimum atomic E-state index is 0. The van der Waals surface area contributed by atoms with Crippen molar-refractivity contribution >= 4 is 35.9 Å². The van der Waals surface area contributed by atoms with Gasteiger partial charge in [-0.15, -0.1) is 24.0 Å². The lowest BCUT2D eigenvalue weighted by Gasteiger charge is -2.34. The number of nitrogens with zero attached hydrogens (tertiary/aromatic N) is 5. The maximum atomic E-state index is 6.00. The van der Waals surface area contributed by atoms with Crippen LogP contribution < -0.4 is 15.5 Å². The zero-order chi connectivity index (χ0) is 21.6. The molecule has 2 fully saturated rings. The summed E-state index contributed by atoms with van der Waals surface area (Å²) in [5.41, 5.74) is 0. The van der Waals surface area contributed by atoms with E-state index in [2.05, 4.69) is 37.3 Å². The highest BCUT2D eigenvalue weighted by atomic mass is 127. The Morgan fingerprint density at radius 2 is 1.81 bits per heavy atom. The summed E-state index contributed by atoms with van der Waals surface area (Å²) in [7, 11) is 0. The molecule has 0 bridgehead atoms. The van der Waals surface area contributed by atoms with Gasteiger partial charge in [-0.25, -0.2) is 9.97 Å². The third-order valence-electron chi connectivity index (χ3n) is 5.97. The van der Waals surface area contributed by atoms with Gasteiger partial charge in [0.25, 0.3) is 0 Å². The Balaban J connectivity index is 0.00000363. The summed E-state index contributed by atoms with van der Waals surface area (Å²) < 4.78 is 6.00. The molecule has 0 unspecified atom stereocenters. The number of anilines is 1. The fraction of sp³-hybridized carbons (Fsp3) is 0.783. The van der Waals surface area contributed by atoms with Gasteiger partial charge in [0.05, 0.1) is 6.10 Å². The standard InChI is InChI=1S/C23H41N7O.HI/c1-2-24-22(26-14-8-20-31-21-9-4-3-5-10-21)25-13-7-15-29-16-18-30(19-17-29)23-27-11-6-12-28-23;/h6,11-12,21H,2-5,7-10,13-20H2,1H3,(H2,24,25,26);1H. The summed E-state index contributed by atoms with van der Waals surface area (Å²) in [4.78, 5) is 18.2. The van der Waals surface area contributed by atoms with E-state index in [0.717, 1.165) is 83.7 Å². The molecule has 9 heteroatoms. The summed E-state index contributed by atoms with van der Waals surface area (Å²) in [6.07, 6.45) is 12.7. The van der Waals surface area contributed by atoms with Crippen LogP contribution >= 0.6 is 24.0 Å². The molecule has 0 amide bonds. The topological polar surface area (TPSA) is 77.9 Å². The largest absolute Gasteiger partial charge is 0.378 e. The smallest absolute Gasteiger partial charge is 0.225 e. The lowest BCUT2D eigenvalue weighted by molar-refractivity contribution is 0.0281. The molecule has 182 valence electrons. The first kappa shape index (κ1) is 27.0. The first-order chi connectivity index (χ1) is 15.3. The monoisotopic (exact) mass is 559 g/mol. The molecule has 8 nitrogen and oxygen atoms in total. The molecule has 1 aromatic rings. The number of hydrogen-bond donors (Lipinski definition) is 2. The van der Waals surface area contributed by atoms with Gasteiger partial charge in [-0.3, -0.25) is 9.89 Å². The molecule has 2 N–H and O–H groups in total. The number of piperazine rings is 1. The summed E-state index contributed by atoms with van der Waals surface area (Å²) in [6.45, 7) is 10.8. The fourth-order valence-electron chi connectivity index (χ4n) is 4.21. The van der Waals surface area contributed by atoms with Crippen molar-refractivity contribution in [3.8, 4) is 0 Å². The van der Waals surface area contributed by atoms with Crippen LogP contribution in [0.4, 0.5) is 5.95 Å². The molecule has 1 saturated heterocycles. The van der Waals surface area contributed by atoms with Crippen LogP contribution in [0.2, 0.25) is 0 Å². The summed E-state index contributed by atoms with van der Waals surface area (Å²) in [5.74, 6) is 1.77. The molecular weight excluding hydrogens is 517 g/mol. The quantitative estimate of drug-likeness (QED) is 0.187. The molecule has 0 spiro atoms. The molecule has 0 aromatic carbocycles. The second-order valence-electron chi connectivity index (χ2n) is 8.40. The van der Waals surface area contributed by atoms with Gasteiger partial charge in [0.1, 0.15) is 0 Å². The van der Waals surface area contributed by atoms with Crippen molar-refractivity contribution in [3.05, 3.63) is 18.5 Å². The average Bonchev–Trinajstić information content (AvgIpc) is 2.83. The van der Waals surface area contributed by atoms with E-state index >= 15 is 0 Å². The SMILES string of the molecule is CCNC(=NCCCOC1CCCCC1)NCCCN1CCN(c2ncccn2)CC1.I. The first-order valence-electron chi connectivity index (χ1n) is 12.2. The summed E-state index contributed by atoms with van der Waals surface area (Å²) >= 11 is 0. The van der Waals surface area contributed by atoms with E-state index < -0.39 is 0 Å². The summed E-state index contributed by atoms with van der Waals surface area (Å²) in [6, 6.07) is 1.86. The maximum Gasteiger partial charge on any atom is 0.225 e. The van der Waals surface area contributed by atoms with E-state index in [0.29, 0.717) is 6.10 Å². The Morgan fingerprint density at radius 3 is 2.53 bits per heavy atom. The molecule has 0 radical (unpaired) electrons. The van der Waals surface area contributed by atoms with Crippen LogP contribution in [0.15, 0.2) is 23.5 Å². The van der Waals surface area contributed by atoms with Crippen molar-refractivity contribution in [3.63, 3.8) is 0 Å². The molecule has 1 aliphatic carbocycles.